The number of carbonyl (C=O) groups excluding carboxylic acids is 1. The maximum absolute atomic E-state index is 15.5. The van der Waals surface area contributed by atoms with Crippen molar-refractivity contribution in [3.8, 4) is 22.6 Å². The van der Waals surface area contributed by atoms with Crippen LogP contribution < -0.4 is 20.1 Å². The highest BCUT2D eigenvalue weighted by molar-refractivity contribution is 6.02. The highest BCUT2D eigenvalue weighted by atomic mass is 19.3. The van der Waals surface area contributed by atoms with Crippen molar-refractivity contribution in [1.82, 2.24) is 10.2 Å². The number of nitrogens with zero attached hydrogens (tertiary/aromatic N) is 1. The van der Waals surface area contributed by atoms with Gasteiger partial charge in [-0.3, -0.25) is 9.69 Å². The van der Waals surface area contributed by atoms with Crippen LogP contribution >= 0.6 is 0 Å². The SMILES string of the molecule is CCOc1cc(CN2CC(C)(C)OC(C)(C)C2)cc(OCC)c1-c1cccc2c(C[C@H](NC(=O)c3c(C)cc(N[C@H](CC)C(F)(F)CC)cc3F)C(=O)O)cccc12. The zero-order valence-corrected chi connectivity index (χ0v) is 35.2. The number of aliphatic carboxylic acids is 1. The average molecular weight is 806 g/mol. The van der Waals surface area contributed by atoms with E-state index in [2.05, 4.69) is 55.4 Å². The van der Waals surface area contributed by atoms with Crippen LogP contribution in [0.25, 0.3) is 21.9 Å². The number of anilines is 1. The summed E-state index contributed by atoms with van der Waals surface area (Å²) in [6.07, 6.45) is -0.396. The quantitative estimate of drug-likeness (QED) is 0.0969. The number of benzene rings is 4. The summed E-state index contributed by atoms with van der Waals surface area (Å²) in [7, 11) is 0. The lowest BCUT2D eigenvalue weighted by Crippen LogP contribution is -2.56. The molecule has 0 bridgehead atoms. The molecule has 1 saturated heterocycles. The Labute approximate surface area is 340 Å². The number of alkyl halides is 2. The van der Waals surface area contributed by atoms with Crippen LogP contribution in [0.1, 0.15) is 95.3 Å². The van der Waals surface area contributed by atoms with Crippen LogP contribution in [0.3, 0.4) is 0 Å². The molecule has 1 aliphatic heterocycles. The van der Waals surface area contributed by atoms with E-state index in [1.54, 1.807) is 13.0 Å². The number of amides is 1. The Kier molecular flexibility index (Phi) is 13.7. The topological polar surface area (TPSA) is 109 Å². The number of hydrogen-bond donors (Lipinski definition) is 3. The number of hydrogen-bond acceptors (Lipinski definition) is 7. The Balaban J connectivity index is 1.46. The minimum absolute atomic E-state index is 0.0974. The highest BCUT2D eigenvalue weighted by Crippen LogP contribution is 2.44. The monoisotopic (exact) mass is 805 g/mol. The minimum atomic E-state index is -3.02. The lowest BCUT2D eigenvalue weighted by atomic mass is 9.91. The van der Waals surface area contributed by atoms with Gasteiger partial charge in [0.05, 0.1) is 41.6 Å². The normalized spacial score (nSPS) is 16.4. The van der Waals surface area contributed by atoms with Gasteiger partial charge in [0.25, 0.3) is 11.8 Å². The summed E-state index contributed by atoms with van der Waals surface area (Å²) < 4.78 is 63.3. The van der Waals surface area contributed by atoms with Gasteiger partial charge in [-0.1, -0.05) is 50.2 Å². The molecule has 4 aromatic carbocycles. The van der Waals surface area contributed by atoms with Crippen LogP contribution in [0.5, 0.6) is 11.5 Å². The molecule has 2 atom stereocenters. The number of carbonyl (C=O) groups is 2. The molecule has 0 saturated carbocycles. The Hall–Kier alpha value is -4.81. The molecule has 12 heteroatoms. The minimum Gasteiger partial charge on any atom is -0.493 e. The van der Waals surface area contributed by atoms with Gasteiger partial charge in [0.15, 0.2) is 0 Å². The summed E-state index contributed by atoms with van der Waals surface area (Å²) in [4.78, 5) is 28.5. The predicted molar refractivity (Wildman–Crippen MR) is 223 cm³/mol. The van der Waals surface area contributed by atoms with Crippen LogP contribution in [-0.2, 0) is 22.5 Å². The Morgan fingerprint density at radius 2 is 1.52 bits per heavy atom. The Morgan fingerprint density at radius 3 is 2.07 bits per heavy atom. The molecule has 0 unspecified atom stereocenters. The number of morpholine rings is 1. The summed E-state index contributed by atoms with van der Waals surface area (Å²) in [5.74, 6) is -4.88. The maximum atomic E-state index is 15.5. The van der Waals surface area contributed by atoms with Gasteiger partial charge in [-0.2, -0.15) is 0 Å². The van der Waals surface area contributed by atoms with Crippen LogP contribution in [0.2, 0.25) is 0 Å². The van der Waals surface area contributed by atoms with E-state index in [9.17, 15) is 23.5 Å². The second-order valence-electron chi connectivity index (χ2n) is 16.4. The molecule has 314 valence electrons. The van der Waals surface area contributed by atoms with E-state index in [1.165, 1.54) is 19.9 Å². The second-order valence-corrected chi connectivity index (χ2v) is 16.4. The van der Waals surface area contributed by atoms with Gasteiger partial charge in [0, 0.05) is 38.2 Å². The standard InChI is InChI=1S/C46H58F3N3O6/c1-10-39(46(48,49)11-2)50-31-20-28(5)40(35(47)24-31)42(53)51-36(43(54)55)23-30-16-14-18-33-32(30)17-15-19-34(33)41-37(56-12-3)21-29(22-38(41)57-13-4)25-52-26-44(6,7)58-45(8,9)27-52/h14-22,24,36,39,50H,10-13,23,25-27H2,1-9H3,(H,51,53)(H,54,55)/t36-,39+/m0/s1. The molecule has 58 heavy (non-hydrogen) atoms. The van der Waals surface area contributed by atoms with Gasteiger partial charge in [-0.25, -0.2) is 18.0 Å². The van der Waals surface area contributed by atoms with Crippen molar-refractivity contribution >= 4 is 28.3 Å². The van der Waals surface area contributed by atoms with E-state index in [0.29, 0.717) is 36.8 Å². The summed E-state index contributed by atoms with van der Waals surface area (Å²) in [5, 5.41) is 17.1. The second kappa shape index (κ2) is 18.0. The maximum Gasteiger partial charge on any atom is 0.326 e. The number of aryl methyl sites for hydroxylation is 1. The van der Waals surface area contributed by atoms with Gasteiger partial charge < -0.3 is 30.0 Å². The summed E-state index contributed by atoms with van der Waals surface area (Å²) in [6.45, 7) is 19.8. The van der Waals surface area contributed by atoms with Gasteiger partial charge >= 0.3 is 5.97 Å². The Morgan fingerprint density at radius 1 is 0.914 bits per heavy atom. The fourth-order valence-electron chi connectivity index (χ4n) is 8.35. The molecule has 0 aliphatic carbocycles. The van der Waals surface area contributed by atoms with E-state index < -0.39 is 42.1 Å². The average Bonchev–Trinajstić information content (AvgIpc) is 3.12. The van der Waals surface area contributed by atoms with Crippen LogP contribution in [-0.4, -0.2) is 77.4 Å². The number of rotatable bonds is 17. The van der Waals surface area contributed by atoms with E-state index in [4.69, 9.17) is 14.2 Å². The molecule has 0 radical (unpaired) electrons. The number of carboxylic acids is 1. The molecule has 1 fully saturated rings. The molecule has 3 N–H and O–H groups in total. The Bertz CT molecular complexity index is 2050. The van der Waals surface area contributed by atoms with Gasteiger partial charge in [-0.15, -0.1) is 0 Å². The van der Waals surface area contributed by atoms with Crippen molar-refractivity contribution in [2.45, 2.75) is 117 Å². The smallest absolute Gasteiger partial charge is 0.326 e. The largest absolute Gasteiger partial charge is 0.493 e. The van der Waals surface area contributed by atoms with Crippen molar-refractivity contribution in [2.75, 3.05) is 31.6 Å². The van der Waals surface area contributed by atoms with Crippen LogP contribution in [0, 0.1) is 12.7 Å². The first-order valence-corrected chi connectivity index (χ1v) is 20.2. The molecular formula is C46H58F3N3O6. The number of nitrogens with one attached hydrogen (secondary N) is 2. The predicted octanol–water partition coefficient (Wildman–Crippen LogP) is 9.80. The first-order chi connectivity index (χ1) is 27.3. The molecule has 1 aliphatic rings. The van der Waals surface area contributed by atoms with Crippen molar-refractivity contribution in [2.24, 2.45) is 0 Å². The van der Waals surface area contributed by atoms with Crippen molar-refractivity contribution < 1.29 is 42.1 Å². The van der Waals surface area contributed by atoms with E-state index in [1.807, 2.05) is 44.2 Å². The molecule has 1 heterocycles. The van der Waals surface area contributed by atoms with E-state index >= 15 is 4.39 Å². The molecule has 0 aromatic heterocycles. The van der Waals surface area contributed by atoms with Crippen molar-refractivity contribution in [3.05, 3.63) is 88.7 Å². The number of halogens is 3. The van der Waals surface area contributed by atoms with Crippen molar-refractivity contribution in [1.29, 1.82) is 0 Å². The molecule has 4 aromatic rings. The lowest BCUT2D eigenvalue weighted by Gasteiger charge is -2.47. The molecular weight excluding hydrogens is 748 g/mol. The molecule has 1 amide bonds. The van der Waals surface area contributed by atoms with Gasteiger partial charge in [-0.05, 0) is 112 Å². The third kappa shape index (κ3) is 10.2. The number of carboxylic acid groups (broad SMARTS) is 1. The summed E-state index contributed by atoms with van der Waals surface area (Å²) >= 11 is 0. The van der Waals surface area contributed by atoms with Crippen molar-refractivity contribution in [3.63, 3.8) is 0 Å². The first-order valence-electron chi connectivity index (χ1n) is 20.2. The summed E-state index contributed by atoms with van der Waals surface area (Å²) in [6, 6.07) is 15.2. The van der Waals surface area contributed by atoms with Crippen LogP contribution in [0.4, 0.5) is 18.9 Å². The number of ether oxygens (including phenoxy) is 3. The van der Waals surface area contributed by atoms with Gasteiger partial charge in [0.1, 0.15) is 23.4 Å². The molecule has 0 spiro atoms. The highest BCUT2D eigenvalue weighted by Gasteiger charge is 2.39. The third-order valence-electron chi connectivity index (χ3n) is 10.4. The number of fused-ring (bicyclic) bond motifs is 1. The molecule has 9 nitrogen and oxygen atoms in total. The summed E-state index contributed by atoms with van der Waals surface area (Å²) in [5.41, 5.74) is 2.58. The van der Waals surface area contributed by atoms with Crippen LogP contribution in [0.15, 0.2) is 60.7 Å². The lowest BCUT2D eigenvalue weighted by molar-refractivity contribution is -0.182. The van der Waals surface area contributed by atoms with E-state index in [0.717, 1.165) is 46.6 Å². The zero-order valence-electron chi connectivity index (χ0n) is 35.2. The first kappa shape index (κ1) is 44.3. The van der Waals surface area contributed by atoms with E-state index in [-0.39, 0.29) is 40.9 Å². The van der Waals surface area contributed by atoms with Gasteiger partial charge in [0.2, 0.25) is 0 Å². The fraction of sp³-hybridized carbons (Fsp3) is 0.478. The fourth-order valence-corrected chi connectivity index (χ4v) is 8.35. The molecule has 5 rings (SSSR count). The zero-order chi connectivity index (χ0) is 42.6. The third-order valence-corrected chi connectivity index (χ3v) is 10.4.